The first-order chi connectivity index (χ1) is 7.61. The summed E-state index contributed by atoms with van der Waals surface area (Å²) in [6.07, 6.45) is 2.69. The third kappa shape index (κ3) is 3.80. The van der Waals surface area contributed by atoms with Gasteiger partial charge in [-0.3, -0.25) is 0 Å². The van der Waals surface area contributed by atoms with E-state index in [1.165, 1.54) is 12.8 Å². The summed E-state index contributed by atoms with van der Waals surface area (Å²) in [7, 11) is 0. The van der Waals surface area contributed by atoms with Crippen LogP contribution in [0, 0.1) is 0 Å². The summed E-state index contributed by atoms with van der Waals surface area (Å²) in [5.41, 5.74) is 0. The Balaban J connectivity index is 0.000000160. The lowest BCUT2D eigenvalue weighted by molar-refractivity contribution is 0.407. The van der Waals surface area contributed by atoms with Crippen molar-refractivity contribution in [3.8, 4) is 0 Å². The van der Waals surface area contributed by atoms with E-state index in [9.17, 15) is 0 Å². The summed E-state index contributed by atoms with van der Waals surface area (Å²) in [4.78, 5) is 3.84. The molecule has 88 valence electrons. The maximum atomic E-state index is 4.87. The molecule has 0 atom stereocenters. The van der Waals surface area contributed by atoms with Gasteiger partial charge in [-0.15, -0.1) is 10.2 Å². The van der Waals surface area contributed by atoms with Crippen molar-refractivity contribution < 1.29 is 8.94 Å². The molecule has 2 heterocycles. The van der Waals surface area contributed by atoms with Crippen LogP contribution in [0.4, 0.5) is 0 Å². The lowest BCUT2D eigenvalue weighted by Gasteiger charge is -1.91. The molecule has 2 rings (SSSR count). The molecule has 6 heteroatoms. The fraction of sp³-hybridized carbons (Fsp3) is 0.600. The number of rotatable bonds is 2. The molecule has 0 saturated heterocycles. The molecule has 2 aromatic heterocycles. The van der Waals surface area contributed by atoms with Crippen molar-refractivity contribution in [2.75, 3.05) is 0 Å². The second-order valence-electron chi connectivity index (χ2n) is 3.88. The van der Waals surface area contributed by atoms with Gasteiger partial charge in [0.1, 0.15) is 0 Å². The van der Waals surface area contributed by atoms with Crippen LogP contribution in [-0.2, 0) is 0 Å². The van der Waals surface area contributed by atoms with E-state index in [1.807, 2.05) is 27.7 Å². The van der Waals surface area contributed by atoms with Gasteiger partial charge in [-0.05, 0) is 0 Å². The first-order valence-corrected chi connectivity index (χ1v) is 5.13. The van der Waals surface area contributed by atoms with Crippen LogP contribution in [0.25, 0.3) is 0 Å². The van der Waals surface area contributed by atoms with Crippen LogP contribution in [0.1, 0.15) is 51.2 Å². The van der Waals surface area contributed by atoms with Crippen molar-refractivity contribution in [3.63, 3.8) is 0 Å². The van der Waals surface area contributed by atoms with Gasteiger partial charge in [0.15, 0.2) is 5.82 Å². The Kier molecular flexibility index (Phi) is 4.63. The van der Waals surface area contributed by atoms with Gasteiger partial charge in [0.05, 0.1) is 0 Å². The molecular weight excluding hydrogens is 208 g/mol. The van der Waals surface area contributed by atoms with Gasteiger partial charge in [-0.1, -0.05) is 32.9 Å². The number of hydrogen-bond donors (Lipinski definition) is 0. The lowest BCUT2D eigenvalue weighted by atomic mass is 10.2. The van der Waals surface area contributed by atoms with Crippen molar-refractivity contribution in [3.05, 3.63) is 24.5 Å². The van der Waals surface area contributed by atoms with Crippen molar-refractivity contribution in [2.45, 2.75) is 39.5 Å². The van der Waals surface area contributed by atoms with Crippen LogP contribution in [0.3, 0.4) is 0 Å². The SMILES string of the molecule is CC(C)c1ncon1.CC(C)c1nnco1. The Morgan fingerprint density at radius 3 is 2.06 bits per heavy atom. The molecule has 0 fully saturated rings. The van der Waals surface area contributed by atoms with Crippen LogP contribution in [0.15, 0.2) is 21.7 Å². The number of nitrogens with zero attached hydrogens (tertiary/aromatic N) is 4. The minimum Gasteiger partial charge on any atom is -0.428 e. The van der Waals surface area contributed by atoms with E-state index in [2.05, 4.69) is 24.9 Å². The highest BCUT2D eigenvalue weighted by atomic mass is 16.5. The molecule has 0 aliphatic rings. The van der Waals surface area contributed by atoms with Gasteiger partial charge in [0.2, 0.25) is 18.7 Å². The molecule has 0 aliphatic heterocycles. The minimum atomic E-state index is 0.345. The van der Waals surface area contributed by atoms with Crippen molar-refractivity contribution in [1.29, 1.82) is 0 Å². The van der Waals surface area contributed by atoms with E-state index in [4.69, 9.17) is 4.42 Å². The number of hydrogen-bond acceptors (Lipinski definition) is 6. The van der Waals surface area contributed by atoms with Crippen LogP contribution in [0.2, 0.25) is 0 Å². The predicted molar refractivity (Wildman–Crippen MR) is 56.8 cm³/mol. The summed E-state index contributed by atoms with van der Waals surface area (Å²) in [6, 6.07) is 0. The van der Waals surface area contributed by atoms with Crippen molar-refractivity contribution in [2.24, 2.45) is 0 Å². The van der Waals surface area contributed by atoms with Gasteiger partial charge in [0, 0.05) is 11.8 Å². The fourth-order valence-electron chi connectivity index (χ4n) is 0.866. The normalized spacial score (nSPS) is 10.4. The molecule has 0 spiro atoms. The van der Waals surface area contributed by atoms with E-state index in [0.29, 0.717) is 17.7 Å². The van der Waals surface area contributed by atoms with E-state index in [0.717, 1.165) is 5.82 Å². The summed E-state index contributed by atoms with van der Waals surface area (Å²) < 4.78 is 9.39. The Morgan fingerprint density at radius 2 is 1.81 bits per heavy atom. The molecule has 0 unspecified atom stereocenters. The zero-order valence-electron chi connectivity index (χ0n) is 9.91. The van der Waals surface area contributed by atoms with Gasteiger partial charge in [-0.2, -0.15) is 4.98 Å². The summed E-state index contributed by atoms with van der Waals surface area (Å²) in [5.74, 6) is 2.18. The lowest BCUT2D eigenvalue weighted by Crippen LogP contribution is -1.87. The van der Waals surface area contributed by atoms with Crippen LogP contribution >= 0.6 is 0 Å². The summed E-state index contributed by atoms with van der Waals surface area (Å²) in [6.45, 7) is 8.05. The monoisotopic (exact) mass is 224 g/mol. The molecule has 6 nitrogen and oxygen atoms in total. The quantitative estimate of drug-likeness (QED) is 0.779. The average molecular weight is 224 g/mol. The first kappa shape index (κ1) is 12.4. The predicted octanol–water partition coefficient (Wildman–Crippen LogP) is 2.39. The Hall–Kier alpha value is -1.72. The molecule has 2 aromatic rings. The molecular formula is C10H16N4O2. The van der Waals surface area contributed by atoms with E-state index < -0.39 is 0 Å². The summed E-state index contributed by atoms with van der Waals surface area (Å²) in [5, 5.41) is 10.9. The molecule has 0 aromatic carbocycles. The van der Waals surface area contributed by atoms with Gasteiger partial charge >= 0.3 is 0 Å². The van der Waals surface area contributed by atoms with E-state index in [1.54, 1.807) is 0 Å². The maximum Gasteiger partial charge on any atom is 0.218 e. The topological polar surface area (TPSA) is 77.8 Å². The van der Waals surface area contributed by atoms with Crippen LogP contribution in [-0.4, -0.2) is 20.3 Å². The smallest absolute Gasteiger partial charge is 0.218 e. The van der Waals surface area contributed by atoms with Crippen LogP contribution in [0.5, 0.6) is 0 Å². The third-order valence-corrected chi connectivity index (χ3v) is 1.77. The zero-order chi connectivity index (χ0) is 12.0. The molecule has 0 aliphatic carbocycles. The molecule has 0 radical (unpaired) electrons. The largest absolute Gasteiger partial charge is 0.428 e. The molecule has 0 amide bonds. The zero-order valence-corrected chi connectivity index (χ0v) is 9.91. The highest BCUT2D eigenvalue weighted by Gasteiger charge is 2.01. The van der Waals surface area contributed by atoms with Gasteiger partial charge in [-0.25, -0.2) is 0 Å². The molecule has 0 N–H and O–H groups in total. The minimum absolute atomic E-state index is 0.345. The van der Waals surface area contributed by atoms with E-state index in [-0.39, 0.29) is 0 Å². The maximum absolute atomic E-state index is 4.87. The second-order valence-corrected chi connectivity index (χ2v) is 3.88. The average Bonchev–Trinajstić information content (AvgIpc) is 2.93. The van der Waals surface area contributed by atoms with Crippen LogP contribution < -0.4 is 0 Å². The van der Waals surface area contributed by atoms with Gasteiger partial charge in [0.25, 0.3) is 0 Å². The van der Waals surface area contributed by atoms with Gasteiger partial charge < -0.3 is 8.94 Å². The van der Waals surface area contributed by atoms with E-state index >= 15 is 0 Å². The number of aromatic nitrogens is 4. The molecule has 0 saturated carbocycles. The standard InChI is InChI=1S/2C5H8N2O/c1-4(2)5-7-6-3-8-5;1-4(2)5-6-3-8-7-5/h2*3-4H,1-2H3. The highest BCUT2D eigenvalue weighted by molar-refractivity contribution is 4.84. The summed E-state index contributed by atoms with van der Waals surface area (Å²) >= 11 is 0. The fourth-order valence-corrected chi connectivity index (χ4v) is 0.866. The Labute approximate surface area is 94.1 Å². The second kappa shape index (κ2) is 5.99. The molecule has 0 bridgehead atoms. The first-order valence-electron chi connectivity index (χ1n) is 5.13. The Bertz CT molecular complexity index is 329. The van der Waals surface area contributed by atoms with Crippen molar-refractivity contribution >= 4 is 0 Å². The molecule has 16 heavy (non-hydrogen) atoms. The van der Waals surface area contributed by atoms with Crippen molar-refractivity contribution in [1.82, 2.24) is 20.3 Å². The third-order valence-electron chi connectivity index (χ3n) is 1.77. The highest BCUT2D eigenvalue weighted by Crippen LogP contribution is 2.07. The Morgan fingerprint density at radius 1 is 1.06 bits per heavy atom.